The molecule has 1 atom stereocenters. The number of nitrogens with zero attached hydrogens (tertiary/aromatic N) is 1. The standard InChI is InChI=1S/C11H19NO2/c1-4-7-12-8-6-9(13)11(3,5-2)10(12)14/h4-8H2,1-3H3. The van der Waals surface area contributed by atoms with Crippen molar-refractivity contribution in [2.75, 3.05) is 13.1 Å². The van der Waals surface area contributed by atoms with E-state index in [-0.39, 0.29) is 11.7 Å². The zero-order valence-corrected chi connectivity index (χ0v) is 9.30. The number of Topliss-reactive ketones (excluding diaryl/α,β-unsaturated/α-hetero) is 1. The van der Waals surface area contributed by atoms with Crippen molar-refractivity contribution < 1.29 is 9.59 Å². The highest BCUT2D eigenvalue weighted by atomic mass is 16.2. The normalized spacial score (nSPS) is 28.4. The largest absolute Gasteiger partial charge is 0.341 e. The number of carbonyl (C=O) groups is 2. The fourth-order valence-electron chi connectivity index (χ4n) is 1.91. The molecule has 3 heteroatoms. The Labute approximate surface area is 85.5 Å². The Kier molecular flexibility index (Phi) is 3.29. The summed E-state index contributed by atoms with van der Waals surface area (Å²) in [5.74, 6) is 0.135. The van der Waals surface area contributed by atoms with Crippen molar-refractivity contribution >= 4 is 11.7 Å². The summed E-state index contributed by atoms with van der Waals surface area (Å²) in [5, 5.41) is 0. The van der Waals surface area contributed by atoms with Gasteiger partial charge >= 0.3 is 0 Å². The van der Waals surface area contributed by atoms with E-state index < -0.39 is 5.41 Å². The first-order valence-electron chi connectivity index (χ1n) is 5.39. The second-order valence-electron chi connectivity index (χ2n) is 4.15. The van der Waals surface area contributed by atoms with Gasteiger partial charge in [-0.2, -0.15) is 0 Å². The average Bonchev–Trinajstić information content (AvgIpc) is 2.19. The zero-order valence-electron chi connectivity index (χ0n) is 9.30. The van der Waals surface area contributed by atoms with Gasteiger partial charge in [-0.3, -0.25) is 9.59 Å². The van der Waals surface area contributed by atoms with Crippen molar-refractivity contribution in [2.45, 2.75) is 40.0 Å². The number of amides is 1. The molecule has 80 valence electrons. The third-order valence-corrected chi connectivity index (χ3v) is 3.18. The molecule has 0 spiro atoms. The number of rotatable bonds is 3. The molecule has 0 N–H and O–H groups in total. The monoisotopic (exact) mass is 197 g/mol. The van der Waals surface area contributed by atoms with Crippen LogP contribution in [-0.4, -0.2) is 29.7 Å². The molecule has 0 bridgehead atoms. The molecule has 1 unspecified atom stereocenters. The zero-order chi connectivity index (χ0) is 10.8. The second kappa shape index (κ2) is 4.11. The van der Waals surface area contributed by atoms with E-state index >= 15 is 0 Å². The van der Waals surface area contributed by atoms with Crippen LogP contribution in [0, 0.1) is 5.41 Å². The van der Waals surface area contributed by atoms with Crippen LogP contribution < -0.4 is 0 Å². The third-order valence-electron chi connectivity index (χ3n) is 3.18. The van der Waals surface area contributed by atoms with Gasteiger partial charge in [-0.25, -0.2) is 0 Å². The Hall–Kier alpha value is -0.860. The first kappa shape index (κ1) is 11.2. The molecule has 0 saturated carbocycles. The van der Waals surface area contributed by atoms with Crippen molar-refractivity contribution in [1.82, 2.24) is 4.90 Å². The van der Waals surface area contributed by atoms with Crippen LogP contribution in [-0.2, 0) is 9.59 Å². The van der Waals surface area contributed by atoms with Gasteiger partial charge in [0.2, 0.25) is 5.91 Å². The van der Waals surface area contributed by atoms with Gasteiger partial charge in [-0.1, -0.05) is 13.8 Å². The summed E-state index contributed by atoms with van der Waals surface area (Å²) in [7, 11) is 0. The lowest BCUT2D eigenvalue weighted by molar-refractivity contribution is -0.153. The Morgan fingerprint density at radius 2 is 2.00 bits per heavy atom. The molecule has 0 aromatic heterocycles. The topological polar surface area (TPSA) is 37.4 Å². The summed E-state index contributed by atoms with van der Waals surface area (Å²) >= 11 is 0. The molecule has 1 heterocycles. The van der Waals surface area contributed by atoms with E-state index in [1.165, 1.54) is 0 Å². The number of piperidine rings is 1. The van der Waals surface area contributed by atoms with Gasteiger partial charge < -0.3 is 4.90 Å². The molecule has 1 aliphatic rings. The predicted molar refractivity (Wildman–Crippen MR) is 54.9 cm³/mol. The maximum Gasteiger partial charge on any atom is 0.235 e. The van der Waals surface area contributed by atoms with Crippen LogP contribution in [0.1, 0.15) is 40.0 Å². The van der Waals surface area contributed by atoms with Gasteiger partial charge in [0.1, 0.15) is 11.2 Å². The highest BCUT2D eigenvalue weighted by molar-refractivity contribution is 6.07. The van der Waals surface area contributed by atoms with Crippen LogP contribution in [0.5, 0.6) is 0 Å². The molecule has 0 radical (unpaired) electrons. The third kappa shape index (κ3) is 1.68. The van der Waals surface area contributed by atoms with E-state index in [1.54, 1.807) is 6.92 Å². The number of hydrogen-bond donors (Lipinski definition) is 0. The summed E-state index contributed by atoms with van der Waals surface area (Å²) in [5.41, 5.74) is -0.743. The smallest absolute Gasteiger partial charge is 0.235 e. The quantitative estimate of drug-likeness (QED) is 0.645. The molecule has 14 heavy (non-hydrogen) atoms. The van der Waals surface area contributed by atoms with Gasteiger partial charge in [0, 0.05) is 19.5 Å². The molecule has 1 rings (SSSR count). The van der Waals surface area contributed by atoms with Crippen LogP contribution in [0.2, 0.25) is 0 Å². The lowest BCUT2D eigenvalue weighted by Crippen LogP contribution is -2.52. The highest BCUT2D eigenvalue weighted by Crippen LogP contribution is 2.30. The first-order chi connectivity index (χ1) is 6.56. The SMILES string of the molecule is CCCN1CCC(=O)C(C)(CC)C1=O. The molecule has 1 amide bonds. The molecular weight excluding hydrogens is 178 g/mol. The molecule has 1 saturated heterocycles. The minimum absolute atomic E-state index is 0.0260. The number of likely N-dealkylation sites (tertiary alicyclic amines) is 1. The molecular formula is C11H19NO2. The fraction of sp³-hybridized carbons (Fsp3) is 0.818. The lowest BCUT2D eigenvalue weighted by atomic mass is 9.77. The summed E-state index contributed by atoms with van der Waals surface area (Å²) in [6.07, 6.45) is 2.10. The predicted octanol–water partition coefficient (Wildman–Crippen LogP) is 1.61. The number of hydrogen-bond acceptors (Lipinski definition) is 2. The maximum absolute atomic E-state index is 12.0. The minimum atomic E-state index is -0.743. The van der Waals surface area contributed by atoms with Crippen LogP contribution in [0.15, 0.2) is 0 Å². The van der Waals surface area contributed by atoms with Crippen molar-refractivity contribution in [3.63, 3.8) is 0 Å². The Morgan fingerprint density at radius 3 is 2.50 bits per heavy atom. The van der Waals surface area contributed by atoms with Gasteiger partial charge in [0.15, 0.2) is 0 Å². The molecule has 0 aromatic carbocycles. The van der Waals surface area contributed by atoms with Crippen molar-refractivity contribution in [2.24, 2.45) is 5.41 Å². The fourth-order valence-corrected chi connectivity index (χ4v) is 1.91. The molecule has 3 nitrogen and oxygen atoms in total. The van der Waals surface area contributed by atoms with Gasteiger partial charge in [0.25, 0.3) is 0 Å². The van der Waals surface area contributed by atoms with Crippen molar-refractivity contribution in [1.29, 1.82) is 0 Å². The molecule has 1 aliphatic heterocycles. The second-order valence-corrected chi connectivity index (χ2v) is 4.15. The van der Waals surface area contributed by atoms with E-state index in [9.17, 15) is 9.59 Å². The van der Waals surface area contributed by atoms with E-state index in [0.717, 1.165) is 13.0 Å². The molecule has 0 aliphatic carbocycles. The average molecular weight is 197 g/mol. The van der Waals surface area contributed by atoms with Crippen LogP contribution in [0.4, 0.5) is 0 Å². The van der Waals surface area contributed by atoms with E-state index in [0.29, 0.717) is 19.4 Å². The van der Waals surface area contributed by atoms with Gasteiger partial charge in [-0.05, 0) is 19.8 Å². The summed E-state index contributed by atoms with van der Waals surface area (Å²) in [6, 6.07) is 0. The van der Waals surface area contributed by atoms with E-state index in [4.69, 9.17) is 0 Å². The van der Waals surface area contributed by atoms with Crippen LogP contribution >= 0.6 is 0 Å². The van der Waals surface area contributed by atoms with E-state index in [2.05, 4.69) is 0 Å². The minimum Gasteiger partial charge on any atom is -0.341 e. The van der Waals surface area contributed by atoms with Crippen LogP contribution in [0.3, 0.4) is 0 Å². The summed E-state index contributed by atoms with van der Waals surface area (Å²) in [4.78, 5) is 25.5. The summed E-state index contributed by atoms with van der Waals surface area (Å²) in [6.45, 7) is 7.13. The first-order valence-corrected chi connectivity index (χ1v) is 5.39. The Bertz CT molecular complexity index is 250. The summed E-state index contributed by atoms with van der Waals surface area (Å²) < 4.78 is 0. The van der Waals surface area contributed by atoms with Crippen molar-refractivity contribution in [3.8, 4) is 0 Å². The maximum atomic E-state index is 12.0. The Balaban J connectivity index is 2.83. The number of ketones is 1. The van der Waals surface area contributed by atoms with Crippen LogP contribution in [0.25, 0.3) is 0 Å². The molecule has 1 fully saturated rings. The number of carbonyl (C=O) groups excluding carboxylic acids is 2. The Morgan fingerprint density at radius 1 is 1.36 bits per heavy atom. The van der Waals surface area contributed by atoms with Crippen molar-refractivity contribution in [3.05, 3.63) is 0 Å². The molecule has 0 aromatic rings. The van der Waals surface area contributed by atoms with Gasteiger partial charge in [-0.15, -0.1) is 0 Å². The lowest BCUT2D eigenvalue weighted by Gasteiger charge is -2.37. The van der Waals surface area contributed by atoms with E-state index in [1.807, 2.05) is 18.7 Å². The van der Waals surface area contributed by atoms with Gasteiger partial charge in [0.05, 0.1) is 0 Å². The highest BCUT2D eigenvalue weighted by Gasteiger charge is 2.44.